The maximum Gasteiger partial charge on any atom is 0.254 e. The van der Waals surface area contributed by atoms with Crippen molar-refractivity contribution < 1.29 is 9.90 Å². The maximum atomic E-state index is 11.9. The van der Waals surface area contributed by atoms with E-state index < -0.39 is 0 Å². The summed E-state index contributed by atoms with van der Waals surface area (Å²) in [6, 6.07) is 0. The highest BCUT2D eigenvalue weighted by atomic mass is 16.3. The summed E-state index contributed by atoms with van der Waals surface area (Å²) in [6.45, 7) is 2.71. The normalized spacial score (nSPS) is 23.9. The van der Waals surface area contributed by atoms with E-state index in [-0.39, 0.29) is 12.5 Å². The quantitative estimate of drug-likeness (QED) is 0.753. The van der Waals surface area contributed by atoms with Gasteiger partial charge in [0.05, 0.1) is 11.8 Å². The summed E-state index contributed by atoms with van der Waals surface area (Å²) in [4.78, 5) is 11.9. The van der Waals surface area contributed by atoms with Crippen LogP contribution in [0.25, 0.3) is 0 Å². The minimum Gasteiger partial charge on any atom is -0.396 e. The number of aliphatic hydroxyl groups is 1. The van der Waals surface area contributed by atoms with E-state index in [1.54, 1.807) is 6.20 Å². The monoisotopic (exact) mass is 251 g/mol. The first-order valence-electron chi connectivity index (χ1n) is 6.61. The molecule has 2 unspecified atom stereocenters. The fraction of sp³-hybridized carbons (Fsp3) is 0.692. The van der Waals surface area contributed by atoms with Crippen LogP contribution in [0.2, 0.25) is 0 Å². The lowest BCUT2D eigenvalue weighted by atomic mass is 9.79. The zero-order chi connectivity index (χ0) is 13.0. The van der Waals surface area contributed by atoms with Crippen molar-refractivity contribution >= 4 is 5.91 Å². The van der Waals surface area contributed by atoms with Gasteiger partial charge in [-0.3, -0.25) is 9.89 Å². The largest absolute Gasteiger partial charge is 0.396 e. The predicted molar refractivity (Wildman–Crippen MR) is 68.2 cm³/mol. The third-order valence-corrected chi connectivity index (χ3v) is 3.90. The van der Waals surface area contributed by atoms with Gasteiger partial charge in [0, 0.05) is 18.8 Å². The van der Waals surface area contributed by atoms with Crippen molar-refractivity contribution in [3.05, 3.63) is 17.5 Å². The van der Waals surface area contributed by atoms with Gasteiger partial charge >= 0.3 is 0 Å². The average Bonchev–Trinajstić information content (AvgIpc) is 2.82. The molecule has 2 rings (SSSR count). The summed E-state index contributed by atoms with van der Waals surface area (Å²) < 4.78 is 0. The summed E-state index contributed by atoms with van der Waals surface area (Å²) in [5.41, 5.74) is 1.39. The highest BCUT2D eigenvalue weighted by molar-refractivity contribution is 5.94. The van der Waals surface area contributed by atoms with Crippen LogP contribution in [0.5, 0.6) is 0 Å². The topological polar surface area (TPSA) is 78.0 Å². The second kappa shape index (κ2) is 6.00. The van der Waals surface area contributed by atoms with Crippen molar-refractivity contribution in [2.75, 3.05) is 13.2 Å². The molecule has 18 heavy (non-hydrogen) atoms. The lowest BCUT2D eigenvalue weighted by Crippen LogP contribution is -2.35. The third kappa shape index (κ3) is 2.90. The molecule has 0 radical (unpaired) electrons. The van der Waals surface area contributed by atoms with Gasteiger partial charge in [0.15, 0.2) is 0 Å². The van der Waals surface area contributed by atoms with E-state index in [0.29, 0.717) is 23.9 Å². The lowest BCUT2D eigenvalue weighted by molar-refractivity contribution is 0.0909. The Hall–Kier alpha value is -1.36. The Balaban J connectivity index is 1.87. The van der Waals surface area contributed by atoms with Crippen LogP contribution in [-0.2, 0) is 0 Å². The Kier molecular flexibility index (Phi) is 4.36. The van der Waals surface area contributed by atoms with Crippen LogP contribution in [0.15, 0.2) is 6.20 Å². The number of aliphatic hydroxyl groups excluding tert-OH is 1. The molecule has 0 saturated heterocycles. The molecule has 0 aromatic carbocycles. The number of carbonyl (C=O) groups excluding carboxylic acids is 1. The average molecular weight is 251 g/mol. The Morgan fingerprint density at radius 3 is 2.83 bits per heavy atom. The standard InChI is InChI=1S/C13H21N3O2/c1-9-12(7-15-16-9)13(18)14-6-10-4-2-3-5-11(10)8-17/h7,10-11,17H,2-6,8H2,1H3,(H,14,18)(H,15,16). The maximum absolute atomic E-state index is 11.9. The van der Waals surface area contributed by atoms with E-state index in [2.05, 4.69) is 15.5 Å². The van der Waals surface area contributed by atoms with Gasteiger partial charge in [-0.15, -0.1) is 0 Å². The van der Waals surface area contributed by atoms with E-state index in [4.69, 9.17) is 0 Å². The first-order valence-corrected chi connectivity index (χ1v) is 6.61. The number of H-pyrrole nitrogens is 1. The highest BCUT2D eigenvalue weighted by Gasteiger charge is 2.25. The molecule has 1 amide bonds. The molecule has 2 atom stereocenters. The summed E-state index contributed by atoms with van der Waals surface area (Å²) in [7, 11) is 0. The van der Waals surface area contributed by atoms with E-state index in [1.807, 2.05) is 6.92 Å². The Morgan fingerprint density at radius 1 is 1.50 bits per heavy atom. The fourth-order valence-electron chi connectivity index (χ4n) is 2.69. The summed E-state index contributed by atoms with van der Waals surface area (Å²) in [5.74, 6) is 0.660. The van der Waals surface area contributed by atoms with E-state index in [1.165, 1.54) is 12.8 Å². The van der Waals surface area contributed by atoms with Gasteiger partial charge < -0.3 is 10.4 Å². The summed E-state index contributed by atoms with van der Waals surface area (Å²) in [5, 5.41) is 18.9. The molecular weight excluding hydrogens is 230 g/mol. The lowest BCUT2D eigenvalue weighted by Gasteiger charge is -2.30. The highest BCUT2D eigenvalue weighted by Crippen LogP contribution is 2.29. The minimum atomic E-state index is -0.0801. The van der Waals surface area contributed by atoms with Gasteiger partial charge in [-0.1, -0.05) is 12.8 Å². The number of aromatic nitrogens is 2. The Morgan fingerprint density at radius 2 is 2.22 bits per heavy atom. The van der Waals surface area contributed by atoms with Crippen molar-refractivity contribution in [1.29, 1.82) is 0 Å². The van der Waals surface area contributed by atoms with Gasteiger partial charge in [-0.05, 0) is 31.6 Å². The summed E-state index contributed by atoms with van der Waals surface area (Å²) in [6.07, 6.45) is 6.10. The molecule has 0 bridgehead atoms. The molecule has 1 heterocycles. The molecular formula is C13H21N3O2. The Labute approximate surface area is 107 Å². The molecule has 1 saturated carbocycles. The van der Waals surface area contributed by atoms with E-state index in [0.717, 1.165) is 18.5 Å². The number of amides is 1. The van der Waals surface area contributed by atoms with Crippen LogP contribution in [0.3, 0.4) is 0 Å². The van der Waals surface area contributed by atoms with Crippen molar-refractivity contribution in [3.63, 3.8) is 0 Å². The number of rotatable bonds is 4. The number of nitrogens with zero attached hydrogens (tertiary/aromatic N) is 1. The number of hydrogen-bond donors (Lipinski definition) is 3. The molecule has 1 fully saturated rings. The van der Waals surface area contributed by atoms with Crippen LogP contribution in [0.4, 0.5) is 0 Å². The fourth-order valence-corrected chi connectivity index (χ4v) is 2.69. The summed E-state index contributed by atoms with van der Waals surface area (Å²) >= 11 is 0. The van der Waals surface area contributed by atoms with Gasteiger partial charge in [-0.25, -0.2) is 0 Å². The number of aromatic amines is 1. The number of carbonyl (C=O) groups is 1. The molecule has 0 spiro atoms. The van der Waals surface area contributed by atoms with Crippen LogP contribution < -0.4 is 5.32 Å². The van der Waals surface area contributed by atoms with Crippen LogP contribution >= 0.6 is 0 Å². The van der Waals surface area contributed by atoms with E-state index >= 15 is 0 Å². The molecule has 5 heteroatoms. The molecule has 5 nitrogen and oxygen atoms in total. The Bertz CT molecular complexity index is 403. The number of nitrogens with one attached hydrogen (secondary N) is 2. The first kappa shape index (κ1) is 13.1. The molecule has 0 aliphatic heterocycles. The molecule has 1 aromatic heterocycles. The van der Waals surface area contributed by atoms with Crippen LogP contribution in [0, 0.1) is 18.8 Å². The third-order valence-electron chi connectivity index (χ3n) is 3.90. The van der Waals surface area contributed by atoms with Crippen molar-refractivity contribution in [3.8, 4) is 0 Å². The second-order valence-corrected chi connectivity index (χ2v) is 5.11. The zero-order valence-corrected chi connectivity index (χ0v) is 10.8. The smallest absolute Gasteiger partial charge is 0.254 e. The van der Waals surface area contributed by atoms with Crippen LogP contribution in [0.1, 0.15) is 41.7 Å². The van der Waals surface area contributed by atoms with Crippen LogP contribution in [-0.4, -0.2) is 34.4 Å². The first-order chi connectivity index (χ1) is 8.72. The van der Waals surface area contributed by atoms with E-state index in [9.17, 15) is 9.90 Å². The molecule has 1 aliphatic carbocycles. The van der Waals surface area contributed by atoms with Gasteiger partial charge in [0.1, 0.15) is 0 Å². The SMILES string of the molecule is Cc1[nH]ncc1C(=O)NCC1CCCCC1CO. The zero-order valence-electron chi connectivity index (χ0n) is 10.8. The number of hydrogen-bond acceptors (Lipinski definition) is 3. The van der Waals surface area contributed by atoms with Crippen molar-refractivity contribution in [2.45, 2.75) is 32.6 Å². The predicted octanol–water partition coefficient (Wildman–Crippen LogP) is 1.25. The molecule has 3 N–H and O–H groups in total. The van der Waals surface area contributed by atoms with Crippen molar-refractivity contribution in [1.82, 2.24) is 15.5 Å². The number of aryl methyl sites for hydroxylation is 1. The second-order valence-electron chi connectivity index (χ2n) is 5.11. The van der Waals surface area contributed by atoms with Crippen molar-refractivity contribution in [2.24, 2.45) is 11.8 Å². The minimum absolute atomic E-state index is 0.0801. The van der Waals surface area contributed by atoms with Gasteiger partial charge in [0.25, 0.3) is 5.91 Å². The molecule has 1 aliphatic rings. The molecule has 100 valence electrons. The van der Waals surface area contributed by atoms with Gasteiger partial charge in [-0.2, -0.15) is 5.10 Å². The van der Waals surface area contributed by atoms with Gasteiger partial charge in [0.2, 0.25) is 0 Å². The molecule has 1 aromatic rings.